The Hall–Kier alpha value is -3.80. The Morgan fingerprint density at radius 1 is 0.684 bits per heavy atom. The highest BCUT2D eigenvalue weighted by molar-refractivity contribution is 5.52. The number of hydrogen-bond donors (Lipinski definition) is 0. The molecule has 5 heteroatoms. The molecule has 2 atom stereocenters. The summed E-state index contributed by atoms with van der Waals surface area (Å²) in [5, 5.41) is 0. The van der Waals surface area contributed by atoms with Crippen molar-refractivity contribution in [1.29, 1.82) is 0 Å². The Labute approximate surface area is 224 Å². The van der Waals surface area contributed by atoms with Gasteiger partial charge in [0.2, 0.25) is 0 Å². The second-order valence-electron chi connectivity index (χ2n) is 9.45. The maximum Gasteiger partial charge on any atom is 0.164 e. The van der Waals surface area contributed by atoms with Crippen LogP contribution in [-0.4, -0.2) is 20.5 Å². The molecule has 1 saturated heterocycles. The number of hydrogen-bond acceptors (Lipinski definition) is 5. The van der Waals surface area contributed by atoms with Crippen LogP contribution in [0.15, 0.2) is 103 Å². The van der Waals surface area contributed by atoms with Gasteiger partial charge in [-0.3, -0.25) is 0 Å². The third-order valence-electron chi connectivity index (χ3n) is 6.81. The molecule has 0 N–H and O–H groups in total. The molecule has 0 amide bonds. The van der Waals surface area contributed by atoms with Gasteiger partial charge in [0.15, 0.2) is 11.5 Å². The van der Waals surface area contributed by atoms with E-state index in [1.807, 2.05) is 66.7 Å². The van der Waals surface area contributed by atoms with Crippen molar-refractivity contribution in [3.05, 3.63) is 125 Å². The summed E-state index contributed by atoms with van der Waals surface area (Å²) in [6.45, 7) is 1.75. The molecule has 0 aromatic heterocycles. The number of ether oxygens (including phenoxy) is 5. The van der Waals surface area contributed by atoms with Gasteiger partial charge in [-0.2, -0.15) is 0 Å². The molecule has 5 nitrogen and oxygen atoms in total. The zero-order chi connectivity index (χ0) is 26.0. The monoisotopic (exact) mass is 510 g/mol. The zero-order valence-corrected chi connectivity index (χ0v) is 21.8. The van der Waals surface area contributed by atoms with Crippen LogP contribution in [0, 0.1) is 5.92 Å². The van der Waals surface area contributed by atoms with E-state index >= 15 is 0 Å². The molecule has 38 heavy (non-hydrogen) atoms. The average molecular weight is 511 g/mol. The maximum atomic E-state index is 6.39. The average Bonchev–Trinajstić information content (AvgIpc) is 2.99. The lowest BCUT2D eigenvalue weighted by Gasteiger charge is -2.33. The summed E-state index contributed by atoms with van der Waals surface area (Å²) in [6.07, 6.45) is 1.69. The van der Waals surface area contributed by atoms with Crippen LogP contribution in [0.2, 0.25) is 0 Å². The fourth-order valence-electron chi connectivity index (χ4n) is 4.77. The summed E-state index contributed by atoms with van der Waals surface area (Å²) < 4.78 is 30.4. The van der Waals surface area contributed by atoms with Crippen LogP contribution in [0.4, 0.5) is 0 Å². The first kappa shape index (κ1) is 25.8. The molecule has 0 bridgehead atoms. The lowest BCUT2D eigenvalue weighted by molar-refractivity contribution is -0.174. The zero-order valence-electron chi connectivity index (χ0n) is 21.8. The summed E-state index contributed by atoms with van der Waals surface area (Å²) in [6, 6.07) is 34.7. The van der Waals surface area contributed by atoms with Crippen LogP contribution >= 0.6 is 0 Å². The van der Waals surface area contributed by atoms with Gasteiger partial charge in [-0.05, 0) is 35.6 Å². The van der Waals surface area contributed by atoms with Crippen LogP contribution in [0.1, 0.15) is 34.8 Å². The minimum absolute atomic E-state index is 0.165. The SMILES string of the molecule is COc1cc(OCc2ccccc2)c([C@@H]2OCOC[C@H]2CCc2ccccc2)cc1OCc1ccccc1. The van der Waals surface area contributed by atoms with Crippen molar-refractivity contribution >= 4 is 0 Å². The largest absolute Gasteiger partial charge is 0.493 e. The van der Waals surface area contributed by atoms with Gasteiger partial charge in [-0.25, -0.2) is 0 Å². The minimum atomic E-state index is -0.191. The van der Waals surface area contributed by atoms with E-state index in [4.69, 9.17) is 23.7 Å². The molecule has 4 aromatic rings. The van der Waals surface area contributed by atoms with Crippen LogP contribution in [0.3, 0.4) is 0 Å². The molecule has 5 rings (SSSR count). The van der Waals surface area contributed by atoms with Gasteiger partial charge in [-0.1, -0.05) is 91.0 Å². The molecule has 1 fully saturated rings. The molecule has 0 aliphatic carbocycles. The molecule has 0 radical (unpaired) electrons. The second kappa shape index (κ2) is 13.1. The van der Waals surface area contributed by atoms with E-state index in [0.29, 0.717) is 31.3 Å². The fraction of sp³-hybridized carbons (Fsp3) is 0.273. The van der Waals surface area contributed by atoms with Crippen molar-refractivity contribution in [3.63, 3.8) is 0 Å². The maximum absolute atomic E-state index is 6.39. The Morgan fingerprint density at radius 2 is 1.26 bits per heavy atom. The standard InChI is InChI=1S/C33H34O5/c1-34-31-20-30(36-21-26-13-7-3-8-14-26)29(19-32(31)37-22-27-15-9-4-10-16-27)33-28(23-35-24-38-33)18-17-25-11-5-2-6-12-25/h2-16,19-20,28,33H,17-18,21-24H2,1H3/t28-,33-/m1/s1. The Kier molecular flexibility index (Phi) is 8.93. The fourth-order valence-corrected chi connectivity index (χ4v) is 4.77. The van der Waals surface area contributed by atoms with Crippen LogP contribution < -0.4 is 14.2 Å². The summed E-state index contributed by atoms with van der Waals surface area (Å²) in [5.74, 6) is 2.18. The molecular formula is C33H34O5. The predicted molar refractivity (Wildman–Crippen MR) is 147 cm³/mol. The third kappa shape index (κ3) is 6.74. The molecule has 1 aliphatic heterocycles. The molecular weight excluding hydrogens is 476 g/mol. The van der Waals surface area contributed by atoms with Gasteiger partial charge in [-0.15, -0.1) is 0 Å². The molecule has 0 spiro atoms. The number of aryl methyl sites for hydroxylation is 1. The lowest BCUT2D eigenvalue weighted by Crippen LogP contribution is -2.29. The van der Waals surface area contributed by atoms with Crippen LogP contribution in [0.5, 0.6) is 17.2 Å². The van der Waals surface area contributed by atoms with Gasteiger partial charge in [0.25, 0.3) is 0 Å². The summed E-state index contributed by atoms with van der Waals surface area (Å²) in [7, 11) is 1.65. The second-order valence-corrected chi connectivity index (χ2v) is 9.45. The minimum Gasteiger partial charge on any atom is -0.493 e. The van der Waals surface area contributed by atoms with Crippen molar-refractivity contribution in [2.75, 3.05) is 20.5 Å². The molecule has 1 heterocycles. The normalized spacial score (nSPS) is 17.1. The van der Waals surface area contributed by atoms with Crippen molar-refractivity contribution < 1.29 is 23.7 Å². The van der Waals surface area contributed by atoms with E-state index in [-0.39, 0.29) is 18.8 Å². The quantitative estimate of drug-likeness (QED) is 0.214. The Balaban J connectivity index is 1.43. The molecule has 4 aromatic carbocycles. The van der Waals surface area contributed by atoms with E-state index in [2.05, 4.69) is 36.4 Å². The van der Waals surface area contributed by atoms with Crippen molar-refractivity contribution in [1.82, 2.24) is 0 Å². The summed E-state index contributed by atoms with van der Waals surface area (Å²) in [5.41, 5.74) is 4.43. The first-order valence-corrected chi connectivity index (χ1v) is 13.1. The summed E-state index contributed by atoms with van der Waals surface area (Å²) >= 11 is 0. The van der Waals surface area contributed by atoms with Gasteiger partial charge in [0.05, 0.1) is 19.8 Å². The predicted octanol–water partition coefficient (Wildman–Crippen LogP) is 7.15. The van der Waals surface area contributed by atoms with Crippen molar-refractivity contribution in [3.8, 4) is 17.2 Å². The van der Waals surface area contributed by atoms with E-state index in [9.17, 15) is 0 Å². The third-order valence-corrected chi connectivity index (χ3v) is 6.81. The molecule has 196 valence electrons. The highest BCUT2D eigenvalue weighted by Gasteiger charge is 2.32. The first-order chi connectivity index (χ1) is 18.8. The van der Waals surface area contributed by atoms with Crippen LogP contribution in [-0.2, 0) is 29.1 Å². The van der Waals surface area contributed by atoms with Gasteiger partial charge >= 0.3 is 0 Å². The lowest BCUT2D eigenvalue weighted by atomic mass is 9.89. The first-order valence-electron chi connectivity index (χ1n) is 13.1. The molecule has 0 saturated carbocycles. The van der Waals surface area contributed by atoms with Gasteiger partial charge in [0.1, 0.15) is 25.8 Å². The van der Waals surface area contributed by atoms with Crippen molar-refractivity contribution in [2.45, 2.75) is 32.2 Å². The van der Waals surface area contributed by atoms with E-state index in [1.54, 1.807) is 7.11 Å². The smallest absolute Gasteiger partial charge is 0.164 e. The highest BCUT2D eigenvalue weighted by Crippen LogP contribution is 2.43. The Bertz CT molecular complexity index is 1260. The van der Waals surface area contributed by atoms with E-state index in [0.717, 1.165) is 35.3 Å². The summed E-state index contributed by atoms with van der Waals surface area (Å²) in [4.78, 5) is 0. The van der Waals surface area contributed by atoms with E-state index in [1.165, 1.54) is 5.56 Å². The molecule has 1 aliphatic rings. The van der Waals surface area contributed by atoms with E-state index < -0.39 is 0 Å². The molecule has 0 unspecified atom stereocenters. The number of methoxy groups -OCH3 is 1. The van der Waals surface area contributed by atoms with Crippen molar-refractivity contribution in [2.24, 2.45) is 5.92 Å². The topological polar surface area (TPSA) is 46.2 Å². The van der Waals surface area contributed by atoms with Gasteiger partial charge in [0, 0.05) is 17.5 Å². The highest BCUT2D eigenvalue weighted by atomic mass is 16.7. The van der Waals surface area contributed by atoms with Gasteiger partial charge < -0.3 is 23.7 Å². The van der Waals surface area contributed by atoms with Crippen LogP contribution in [0.25, 0.3) is 0 Å². The number of rotatable bonds is 11. The Morgan fingerprint density at radius 3 is 1.87 bits per heavy atom. The number of benzene rings is 4.